The zero-order valence-electron chi connectivity index (χ0n) is 16.6. The van der Waals surface area contributed by atoms with Gasteiger partial charge in [0.2, 0.25) is 0 Å². The summed E-state index contributed by atoms with van der Waals surface area (Å²) in [5.74, 6) is -0.316. The van der Waals surface area contributed by atoms with Crippen LogP contribution in [0.15, 0.2) is 76.2 Å². The number of amides is 1. The molecule has 29 heavy (non-hydrogen) atoms. The average molecular weight is 413 g/mol. The quantitative estimate of drug-likeness (QED) is 0.641. The molecule has 0 unspecified atom stereocenters. The van der Waals surface area contributed by atoms with Crippen molar-refractivity contribution in [2.45, 2.75) is 17.1 Å². The molecule has 3 rings (SSSR count). The molecule has 0 aliphatic carbocycles. The van der Waals surface area contributed by atoms with Gasteiger partial charge in [-0.3, -0.25) is 4.79 Å². The van der Waals surface area contributed by atoms with Crippen LogP contribution in [-0.4, -0.2) is 35.0 Å². The molecular weight excluding hydrogens is 388 g/mol. The monoisotopic (exact) mass is 412 g/mol. The minimum atomic E-state index is -3.73. The second-order valence-corrected chi connectivity index (χ2v) is 9.15. The van der Waals surface area contributed by atoms with E-state index in [9.17, 15) is 13.2 Å². The highest BCUT2D eigenvalue weighted by atomic mass is 32.2. The van der Waals surface area contributed by atoms with Crippen LogP contribution in [0.1, 0.15) is 26.9 Å². The molecule has 0 saturated heterocycles. The third-order valence-electron chi connectivity index (χ3n) is 4.70. The fraction of sp³-hybridized carbons (Fsp3) is 0.227. The van der Waals surface area contributed by atoms with Crippen LogP contribution in [0.2, 0.25) is 0 Å². The van der Waals surface area contributed by atoms with Crippen LogP contribution in [0.5, 0.6) is 0 Å². The average Bonchev–Trinajstić information content (AvgIpc) is 3.23. The molecule has 0 aliphatic rings. The van der Waals surface area contributed by atoms with E-state index in [1.807, 2.05) is 38.1 Å². The lowest BCUT2D eigenvalue weighted by molar-refractivity contribution is 0.0926. The molecule has 1 amide bonds. The molecule has 7 heteroatoms. The zero-order valence-corrected chi connectivity index (χ0v) is 17.4. The maximum absolute atomic E-state index is 13.4. The summed E-state index contributed by atoms with van der Waals surface area (Å²) in [4.78, 5) is 14.4. The summed E-state index contributed by atoms with van der Waals surface area (Å²) >= 11 is 0. The molecule has 0 fully saturated rings. The Bertz CT molecular complexity index is 1060. The highest BCUT2D eigenvalue weighted by molar-refractivity contribution is 7.91. The maximum Gasteiger partial charge on any atom is 0.287 e. The van der Waals surface area contributed by atoms with Crippen molar-refractivity contribution in [3.63, 3.8) is 0 Å². The predicted molar refractivity (Wildman–Crippen MR) is 113 cm³/mol. The highest BCUT2D eigenvalue weighted by Gasteiger charge is 2.30. The molecule has 1 heterocycles. The summed E-state index contributed by atoms with van der Waals surface area (Å²) in [6.07, 6.45) is 1.40. The standard InChI is InChI=1S/C22H24N2O4S/c1-16-6-12-19(13-7-16)29(26,27)21(15-23-22(25)20-5-4-14-28-20)17-8-10-18(11-9-17)24(2)3/h4-14,21H,15H2,1-3H3,(H,23,25)/t21-/m0/s1. The number of furan rings is 1. The molecule has 1 atom stereocenters. The molecular formula is C22H24N2O4S. The number of sulfone groups is 1. The normalized spacial score (nSPS) is 12.4. The second kappa shape index (κ2) is 8.53. The Morgan fingerprint density at radius 1 is 1.03 bits per heavy atom. The fourth-order valence-corrected chi connectivity index (χ4v) is 4.63. The number of carbonyl (C=O) groups is 1. The molecule has 0 spiro atoms. The van der Waals surface area contributed by atoms with Gasteiger partial charge in [-0.25, -0.2) is 8.42 Å². The lowest BCUT2D eigenvalue weighted by Crippen LogP contribution is -2.31. The Balaban J connectivity index is 1.94. The maximum atomic E-state index is 13.4. The van der Waals surface area contributed by atoms with Gasteiger partial charge in [0.15, 0.2) is 15.6 Å². The number of hydrogen-bond acceptors (Lipinski definition) is 5. The van der Waals surface area contributed by atoms with E-state index < -0.39 is 21.0 Å². The van der Waals surface area contributed by atoms with Crippen molar-refractivity contribution < 1.29 is 17.6 Å². The molecule has 3 aromatic rings. The lowest BCUT2D eigenvalue weighted by Gasteiger charge is -2.20. The van der Waals surface area contributed by atoms with E-state index in [4.69, 9.17) is 4.42 Å². The van der Waals surface area contributed by atoms with Gasteiger partial charge in [0, 0.05) is 26.3 Å². The highest BCUT2D eigenvalue weighted by Crippen LogP contribution is 2.30. The van der Waals surface area contributed by atoms with Crippen molar-refractivity contribution in [1.29, 1.82) is 0 Å². The van der Waals surface area contributed by atoms with Crippen LogP contribution in [0.25, 0.3) is 0 Å². The van der Waals surface area contributed by atoms with Crippen molar-refractivity contribution >= 4 is 21.4 Å². The van der Waals surface area contributed by atoms with E-state index in [2.05, 4.69) is 5.32 Å². The number of anilines is 1. The summed E-state index contributed by atoms with van der Waals surface area (Å²) in [7, 11) is 0.104. The van der Waals surface area contributed by atoms with Crippen molar-refractivity contribution in [2.75, 3.05) is 25.5 Å². The van der Waals surface area contributed by atoms with Crippen LogP contribution in [0.3, 0.4) is 0 Å². The molecule has 1 aromatic heterocycles. The topological polar surface area (TPSA) is 79.6 Å². The first-order valence-corrected chi connectivity index (χ1v) is 10.7. The number of rotatable bonds is 7. The van der Waals surface area contributed by atoms with Gasteiger partial charge in [0.1, 0.15) is 5.25 Å². The van der Waals surface area contributed by atoms with Crippen molar-refractivity contribution in [2.24, 2.45) is 0 Å². The van der Waals surface area contributed by atoms with Crippen LogP contribution in [0.4, 0.5) is 5.69 Å². The molecule has 0 saturated carbocycles. The smallest absolute Gasteiger partial charge is 0.287 e. The van der Waals surface area contributed by atoms with Gasteiger partial charge >= 0.3 is 0 Å². The summed E-state index contributed by atoms with van der Waals surface area (Å²) in [5, 5.41) is 1.76. The van der Waals surface area contributed by atoms with Gasteiger partial charge in [-0.15, -0.1) is 0 Å². The van der Waals surface area contributed by atoms with E-state index in [0.717, 1.165) is 11.3 Å². The molecule has 152 valence electrons. The largest absolute Gasteiger partial charge is 0.459 e. The lowest BCUT2D eigenvalue weighted by atomic mass is 10.1. The number of aryl methyl sites for hydroxylation is 1. The first kappa shape index (κ1) is 20.7. The van der Waals surface area contributed by atoms with E-state index >= 15 is 0 Å². The minimum Gasteiger partial charge on any atom is -0.459 e. The van der Waals surface area contributed by atoms with Gasteiger partial charge in [0.05, 0.1) is 11.2 Å². The Hall–Kier alpha value is -3.06. The Labute approximate surface area is 171 Å². The van der Waals surface area contributed by atoms with Crippen LogP contribution in [-0.2, 0) is 9.84 Å². The van der Waals surface area contributed by atoms with Gasteiger partial charge in [0.25, 0.3) is 5.91 Å². The predicted octanol–water partition coefficient (Wildman–Crippen LogP) is 3.60. The first-order valence-electron chi connectivity index (χ1n) is 9.18. The molecule has 2 aromatic carbocycles. The first-order chi connectivity index (χ1) is 13.8. The van der Waals surface area contributed by atoms with Crippen LogP contribution >= 0.6 is 0 Å². The van der Waals surface area contributed by atoms with Gasteiger partial charge in [-0.2, -0.15) is 0 Å². The van der Waals surface area contributed by atoms with Crippen molar-refractivity contribution in [3.8, 4) is 0 Å². The van der Waals surface area contributed by atoms with E-state index in [0.29, 0.717) is 5.56 Å². The van der Waals surface area contributed by atoms with Gasteiger partial charge < -0.3 is 14.6 Å². The van der Waals surface area contributed by atoms with Crippen molar-refractivity contribution in [3.05, 3.63) is 83.8 Å². The zero-order chi connectivity index (χ0) is 21.0. The Morgan fingerprint density at radius 3 is 2.24 bits per heavy atom. The van der Waals surface area contributed by atoms with Gasteiger partial charge in [-0.1, -0.05) is 29.8 Å². The van der Waals surface area contributed by atoms with E-state index in [1.165, 1.54) is 12.3 Å². The second-order valence-electron chi connectivity index (χ2n) is 7.02. The van der Waals surface area contributed by atoms with Crippen LogP contribution < -0.4 is 10.2 Å². The Morgan fingerprint density at radius 2 is 1.69 bits per heavy atom. The molecule has 6 nitrogen and oxygen atoms in total. The molecule has 0 aliphatic heterocycles. The molecule has 1 N–H and O–H groups in total. The third kappa shape index (κ3) is 4.68. The summed E-state index contributed by atoms with van der Waals surface area (Å²) in [6.45, 7) is 1.83. The number of nitrogens with one attached hydrogen (secondary N) is 1. The number of nitrogens with zero attached hydrogens (tertiary/aromatic N) is 1. The molecule has 0 radical (unpaired) electrons. The van der Waals surface area contributed by atoms with Crippen LogP contribution in [0, 0.1) is 6.92 Å². The summed E-state index contributed by atoms with van der Waals surface area (Å²) in [5.41, 5.74) is 2.54. The fourth-order valence-electron chi connectivity index (χ4n) is 2.97. The van der Waals surface area contributed by atoms with E-state index in [-0.39, 0.29) is 17.2 Å². The van der Waals surface area contributed by atoms with E-state index in [1.54, 1.807) is 42.5 Å². The van der Waals surface area contributed by atoms with Gasteiger partial charge in [-0.05, 0) is 48.9 Å². The summed E-state index contributed by atoms with van der Waals surface area (Å²) in [6, 6.07) is 17.2. The minimum absolute atomic E-state index is 0.0724. The number of carbonyl (C=O) groups excluding carboxylic acids is 1. The SMILES string of the molecule is Cc1ccc(S(=O)(=O)[C@@H](CNC(=O)c2ccco2)c2ccc(N(C)C)cc2)cc1. The van der Waals surface area contributed by atoms with Crippen molar-refractivity contribution in [1.82, 2.24) is 5.32 Å². The summed E-state index contributed by atoms with van der Waals surface area (Å²) < 4.78 is 31.8. The third-order valence-corrected chi connectivity index (χ3v) is 6.82. The number of hydrogen-bond donors (Lipinski definition) is 1. The number of benzene rings is 2. The molecule has 0 bridgehead atoms. The Kier molecular flexibility index (Phi) is 6.08.